The van der Waals surface area contributed by atoms with E-state index in [1.165, 1.54) is 0 Å². The summed E-state index contributed by atoms with van der Waals surface area (Å²) in [7, 11) is 3.92. The summed E-state index contributed by atoms with van der Waals surface area (Å²) in [6.07, 6.45) is 0. The average Bonchev–Trinajstić information content (AvgIpc) is 2.51. The molecule has 0 radical (unpaired) electrons. The Balaban J connectivity index is 0.000000441. The van der Waals surface area contributed by atoms with E-state index in [9.17, 15) is 0 Å². The second kappa shape index (κ2) is 9.40. The molecular formula is C13H26O5Si2. The highest BCUT2D eigenvalue weighted by atomic mass is 28.4. The van der Waals surface area contributed by atoms with Crippen molar-refractivity contribution in [1.82, 2.24) is 0 Å². The van der Waals surface area contributed by atoms with Crippen molar-refractivity contribution in [3.8, 4) is 0 Å². The predicted octanol–water partition coefficient (Wildman–Crippen LogP) is 1.75. The molecule has 7 heteroatoms. The van der Waals surface area contributed by atoms with E-state index in [1.807, 2.05) is 43.4 Å². The molecule has 0 aromatic heterocycles. The minimum Gasteiger partial charge on any atom is -0.398 e. The molecule has 1 aromatic carbocycles. The smallest absolute Gasteiger partial charge is 0.398 e. The SMILES string of the molecule is CO[Si](C)(C)OC.CO[Si](OC)(OC)c1ccccc1. The van der Waals surface area contributed by atoms with Crippen molar-refractivity contribution < 1.29 is 22.1 Å². The Bertz CT molecular complexity index is 341. The van der Waals surface area contributed by atoms with Crippen LogP contribution in [0.5, 0.6) is 0 Å². The molecule has 0 heterocycles. The highest BCUT2D eigenvalue weighted by Crippen LogP contribution is 2.05. The fourth-order valence-electron chi connectivity index (χ4n) is 1.33. The van der Waals surface area contributed by atoms with E-state index in [4.69, 9.17) is 22.1 Å². The van der Waals surface area contributed by atoms with Crippen LogP contribution in [0.1, 0.15) is 0 Å². The Hall–Kier alpha value is -0.546. The zero-order chi connectivity index (χ0) is 15.6. The third-order valence-corrected chi connectivity index (χ3v) is 7.54. The van der Waals surface area contributed by atoms with Crippen LogP contribution < -0.4 is 5.19 Å². The highest BCUT2D eigenvalue weighted by molar-refractivity contribution is 6.75. The molecule has 0 saturated heterocycles. The third-order valence-electron chi connectivity index (χ3n) is 2.92. The van der Waals surface area contributed by atoms with E-state index in [2.05, 4.69) is 0 Å². The lowest BCUT2D eigenvalue weighted by molar-refractivity contribution is 0.140. The van der Waals surface area contributed by atoms with Crippen LogP contribution in [0.25, 0.3) is 0 Å². The van der Waals surface area contributed by atoms with Crippen molar-refractivity contribution in [2.45, 2.75) is 13.1 Å². The Labute approximate surface area is 124 Å². The van der Waals surface area contributed by atoms with Crippen molar-refractivity contribution in [2.75, 3.05) is 35.5 Å². The molecule has 0 fully saturated rings. The van der Waals surface area contributed by atoms with Gasteiger partial charge in [-0.2, -0.15) is 0 Å². The normalized spacial score (nSPS) is 11.8. The summed E-state index contributed by atoms with van der Waals surface area (Å²) in [5.41, 5.74) is 0. The van der Waals surface area contributed by atoms with Gasteiger partial charge in [-0.3, -0.25) is 0 Å². The van der Waals surface area contributed by atoms with E-state index in [0.29, 0.717) is 0 Å². The van der Waals surface area contributed by atoms with E-state index in [-0.39, 0.29) is 0 Å². The molecule has 5 nitrogen and oxygen atoms in total. The van der Waals surface area contributed by atoms with Crippen LogP contribution in [0.4, 0.5) is 0 Å². The summed E-state index contributed by atoms with van der Waals surface area (Å²) < 4.78 is 26.0. The maximum Gasteiger partial charge on any atom is 0.536 e. The highest BCUT2D eigenvalue weighted by Gasteiger charge is 2.40. The Morgan fingerprint density at radius 1 is 0.650 bits per heavy atom. The van der Waals surface area contributed by atoms with Crippen LogP contribution in [-0.2, 0) is 22.1 Å². The first-order valence-electron chi connectivity index (χ1n) is 6.22. The van der Waals surface area contributed by atoms with Gasteiger partial charge in [0.15, 0.2) is 0 Å². The summed E-state index contributed by atoms with van der Waals surface area (Å²) in [4.78, 5) is 0. The number of hydrogen-bond donors (Lipinski definition) is 0. The predicted molar refractivity (Wildman–Crippen MR) is 84.4 cm³/mol. The molecule has 1 aromatic rings. The molecule has 0 atom stereocenters. The van der Waals surface area contributed by atoms with Crippen LogP contribution in [0.15, 0.2) is 30.3 Å². The van der Waals surface area contributed by atoms with Gasteiger partial charge in [0.25, 0.3) is 0 Å². The van der Waals surface area contributed by atoms with Gasteiger partial charge in [0.2, 0.25) is 0 Å². The molecule has 0 aliphatic heterocycles. The maximum absolute atomic E-state index is 5.32. The molecule has 0 amide bonds. The van der Waals surface area contributed by atoms with Gasteiger partial charge < -0.3 is 22.1 Å². The third kappa shape index (κ3) is 5.84. The lowest BCUT2D eigenvalue weighted by atomic mass is 10.4. The van der Waals surface area contributed by atoms with Gasteiger partial charge in [-0.25, -0.2) is 0 Å². The number of rotatable bonds is 6. The summed E-state index contributed by atoms with van der Waals surface area (Å²) in [5.74, 6) is 0. The fourth-order valence-corrected chi connectivity index (χ4v) is 3.30. The molecule has 0 unspecified atom stereocenters. The summed E-state index contributed by atoms with van der Waals surface area (Å²) in [6, 6.07) is 9.72. The van der Waals surface area contributed by atoms with Gasteiger partial charge in [0, 0.05) is 40.7 Å². The zero-order valence-corrected chi connectivity index (χ0v) is 15.4. The number of hydrogen-bond acceptors (Lipinski definition) is 5. The Kier molecular flexibility index (Phi) is 9.14. The minimum absolute atomic E-state index is 0.975. The van der Waals surface area contributed by atoms with E-state index in [1.54, 1.807) is 35.5 Å². The first-order valence-corrected chi connectivity index (χ1v) is 10.8. The van der Waals surface area contributed by atoms with E-state index < -0.39 is 17.4 Å². The molecule has 0 spiro atoms. The van der Waals surface area contributed by atoms with Crippen molar-refractivity contribution in [2.24, 2.45) is 0 Å². The summed E-state index contributed by atoms with van der Waals surface area (Å²) in [6.45, 7) is 3.99. The van der Waals surface area contributed by atoms with Gasteiger partial charge in [0.1, 0.15) is 0 Å². The molecule has 0 bridgehead atoms. The van der Waals surface area contributed by atoms with Crippen molar-refractivity contribution in [3.63, 3.8) is 0 Å². The lowest BCUT2D eigenvalue weighted by Gasteiger charge is -2.24. The molecule has 116 valence electrons. The van der Waals surface area contributed by atoms with E-state index >= 15 is 0 Å². The minimum atomic E-state index is -2.59. The monoisotopic (exact) mass is 318 g/mol. The lowest BCUT2D eigenvalue weighted by Crippen LogP contribution is -2.54. The van der Waals surface area contributed by atoms with E-state index in [0.717, 1.165) is 5.19 Å². The first kappa shape index (κ1) is 19.5. The Morgan fingerprint density at radius 2 is 1.05 bits per heavy atom. The van der Waals surface area contributed by atoms with Crippen molar-refractivity contribution >= 4 is 22.6 Å². The standard InChI is InChI=1S/C9H14O3Si.C4H12O2Si/c1-10-13(11-2,12-3)9-7-5-4-6-8-9;1-5-7(3,4)6-2/h4-8H,1-3H3;1-4H3. The van der Waals surface area contributed by atoms with Gasteiger partial charge in [0.05, 0.1) is 0 Å². The molecule has 20 heavy (non-hydrogen) atoms. The van der Waals surface area contributed by atoms with Gasteiger partial charge in [-0.05, 0) is 13.1 Å². The molecule has 0 N–H and O–H groups in total. The van der Waals surface area contributed by atoms with Crippen molar-refractivity contribution in [1.29, 1.82) is 0 Å². The fraction of sp³-hybridized carbons (Fsp3) is 0.538. The maximum atomic E-state index is 5.32. The zero-order valence-electron chi connectivity index (χ0n) is 13.4. The molecule has 0 aliphatic carbocycles. The molecule has 1 rings (SSSR count). The largest absolute Gasteiger partial charge is 0.536 e. The van der Waals surface area contributed by atoms with Gasteiger partial charge in [-0.15, -0.1) is 0 Å². The van der Waals surface area contributed by atoms with Crippen LogP contribution in [0, 0.1) is 0 Å². The second-order valence-electron chi connectivity index (χ2n) is 4.34. The molecule has 0 saturated carbocycles. The molecular weight excluding hydrogens is 292 g/mol. The van der Waals surface area contributed by atoms with Gasteiger partial charge >= 0.3 is 17.4 Å². The van der Waals surface area contributed by atoms with Crippen LogP contribution in [0.2, 0.25) is 13.1 Å². The second-order valence-corrected chi connectivity index (χ2v) is 10.9. The quantitative estimate of drug-likeness (QED) is 0.748. The van der Waals surface area contributed by atoms with Crippen LogP contribution in [0.3, 0.4) is 0 Å². The van der Waals surface area contributed by atoms with Crippen LogP contribution in [-0.4, -0.2) is 52.9 Å². The Morgan fingerprint density at radius 3 is 1.30 bits per heavy atom. The van der Waals surface area contributed by atoms with Crippen LogP contribution >= 0.6 is 0 Å². The molecule has 0 aliphatic rings. The number of benzene rings is 1. The first-order chi connectivity index (χ1) is 9.41. The average molecular weight is 319 g/mol. The summed E-state index contributed by atoms with van der Waals surface area (Å²) in [5, 5.41) is 0.975. The van der Waals surface area contributed by atoms with Crippen molar-refractivity contribution in [3.05, 3.63) is 30.3 Å². The topological polar surface area (TPSA) is 46.2 Å². The van der Waals surface area contributed by atoms with Gasteiger partial charge in [-0.1, -0.05) is 30.3 Å². The summed E-state index contributed by atoms with van der Waals surface area (Å²) >= 11 is 0.